The van der Waals surface area contributed by atoms with Crippen molar-refractivity contribution in [2.24, 2.45) is 5.73 Å². The highest BCUT2D eigenvalue weighted by molar-refractivity contribution is 7.74. The Labute approximate surface area is 93.9 Å². The number of nitro benzene ring substituents is 1. The van der Waals surface area contributed by atoms with E-state index in [1.165, 1.54) is 31.2 Å². The van der Waals surface area contributed by atoms with E-state index in [-0.39, 0.29) is 5.69 Å². The van der Waals surface area contributed by atoms with E-state index in [4.69, 9.17) is 10.3 Å². The van der Waals surface area contributed by atoms with Crippen molar-refractivity contribution in [2.45, 2.75) is 12.6 Å². The van der Waals surface area contributed by atoms with E-state index < -0.39 is 22.0 Å². The molecule has 0 aliphatic carbocycles. The molecule has 0 aliphatic heterocycles. The van der Waals surface area contributed by atoms with Gasteiger partial charge in [-0.05, 0) is 24.6 Å². The zero-order chi connectivity index (χ0) is 12.3. The zero-order valence-electron chi connectivity index (χ0n) is 8.32. The minimum absolute atomic E-state index is 0.0929. The summed E-state index contributed by atoms with van der Waals surface area (Å²) in [5, 5.41) is 10.4. The summed E-state index contributed by atoms with van der Waals surface area (Å²) in [5.41, 5.74) is 4.41. The summed E-state index contributed by atoms with van der Waals surface area (Å²) in [6.45, 7) is 1.38. The molecule has 3 N–H and O–H groups in total. The van der Waals surface area contributed by atoms with Crippen molar-refractivity contribution in [2.75, 3.05) is 0 Å². The second kappa shape index (κ2) is 4.66. The normalized spacial score (nSPS) is 16.4. The largest absolute Gasteiger partial charge is 0.304 e. The number of nitro groups is 1. The molecule has 16 heavy (non-hydrogen) atoms. The standard InChI is InChI=1S/C8H10N2O5S/c1-8(9,15-16(13)14)6-2-4-7(5-3-6)10(11)12/h2-5H,9H2,1H3,(H,13,14). The van der Waals surface area contributed by atoms with Crippen LogP contribution in [0.2, 0.25) is 0 Å². The van der Waals surface area contributed by atoms with Crippen LogP contribution < -0.4 is 5.73 Å². The molecular weight excluding hydrogens is 236 g/mol. The Morgan fingerprint density at radius 2 is 2.00 bits per heavy atom. The first-order valence-corrected chi connectivity index (χ1v) is 5.20. The number of benzene rings is 1. The molecule has 0 aromatic heterocycles. The molecule has 0 bridgehead atoms. The first-order chi connectivity index (χ1) is 7.33. The van der Waals surface area contributed by atoms with E-state index >= 15 is 0 Å². The van der Waals surface area contributed by atoms with Gasteiger partial charge in [-0.1, -0.05) is 0 Å². The van der Waals surface area contributed by atoms with Gasteiger partial charge >= 0.3 is 11.4 Å². The zero-order valence-corrected chi connectivity index (χ0v) is 9.14. The fourth-order valence-electron chi connectivity index (χ4n) is 1.11. The van der Waals surface area contributed by atoms with Crippen LogP contribution in [0.4, 0.5) is 5.69 Å². The van der Waals surface area contributed by atoms with Crippen LogP contribution in [0.25, 0.3) is 0 Å². The van der Waals surface area contributed by atoms with Crippen molar-refractivity contribution < 1.29 is 17.9 Å². The molecule has 0 aliphatic rings. The van der Waals surface area contributed by atoms with E-state index in [0.717, 1.165) is 0 Å². The maximum absolute atomic E-state index is 10.5. The van der Waals surface area contributed by atoms with Gasteiger partial charge in [0.05, 0.1) is 4.92 Å². The topological polar surface area (TPSA) is 116 Å². The maximum Gasteiger partial charge on any atom is 0.304 e. The first kappa shape index (κ1) is 12.7. The van der Waals surface area contributed by atoms with E-state index in [1.807, 2.05) is 0 Å². The Bertz CT molecular complexity index is 417. The second-order valence-electron chi connectivity index (χ2n) is 3.21. The highest BCUT2D eigenvalue weighted by atomic mass is 32.2. The van der Waals surface area contributed by atoms with Crippen LogP contribution >= 0.6 is 0 Å². The molecule has 88 valence electrons. The van der Waals surface area contributed by atoms with Crippen LogP contribution in [0.15, 0.2) is 24.3 Å². The lowest BCUT2D eigenvalue weighted by atomic mass is 10.1. The van der Waals surface area contributed by atoms with Crippen molar-refractivity contribution >= 4 is 17.0 Å². The van der Waals surface area contributed by atoms with Gasteiger partial charge in [0, 0.05) is 12.1 Å². The summed E-state index contributed by atoms with van der Waals surface area (Å²) in [4.78, 5) is 9.84. The Kier molecular flexibility index (Phi) is 3.70. The van der Waals surface area contributed by atoms with Gasteiger partial charge in [0.2, 0.25) is 0 Å². The van der Waals surface area contributed by atoms with E-state index in [0.29, 0.717) is 5.56 Å². The third-order valence-electron chi connectivity index (χ3n) is 1.90. The molecule has 2 unspecified atom stereocenters. The molecule has 1 rings (SSSR count). The van der Waals surface area contributed by atoms with Crippen molar-refractivity contribution in [3.05, 3.63) is 39.9 Å². The van der Waals surface area contributed by atoms with Gasteiger partial charge in [-0.3, -0.25) is 20.4 Å². The summed E-state index contributed by atoms with van der Waals surface area (Å²) < 4.78 is 23.6. The fourth-order valence-corrected chi connectivity index (χ4v) is 1.50. The maximum atomic E-state index is 10.5. The summed E-state index contributed by atoms with van der Waals surface area (Å²) in [6, 6.07) is 5.21. The lowest BCUT2D eigenvalue weighted by Gasteiger charge is -2.22. The van der Waals surface area contributed by atoms with Gasteiger partial charge in [-0.2, -0.15) is 4.21 Å². The van der Waals surface area contributed by atoms with Crippen LogP contribution in [-0.4, -0.2) is 13.7 Å². The van der Waals surface area contributed by atoms with Crippen molar-refractivity contribution in [3.63, 3.8) is 0 Å². The smallest absolute Gasteiger partial charge is 0.299 e. The SMILES string of the molecule is CC(N)(OS(=O)O)c1ccc([N+](=O)[O-])cc1. The van der Waals surface area contributed by atoms with Gasteiger partial charge in [-0.15, -0.1) is 0 Å². The number of rotatable bonds is 4. The third kappa shape index (κ3) is 3.07. The molecule has 8 heteroatoms. The number of hydrogen-bond acceptors (Lipinski definition) is 5. The number of nitrogens with two attached hydrogens (primary N) is 1. The summed E-state index contributed by atoms with van der Waals surface area (Å²) in [7, 11) is 0. The molecule has 2 atom stereocenters. The predicted molar refractivity (Wildman–Crippen MR) is 56.5 cm³/mol. The van der Waals surface area contributed by atoms with Gasteiger partial charge in [0.1, 0.15) is 0 Å². The molecule has 1 aromatic rings. The molecule has 0 spiro atoms. The fraction of sp³-hybridized carbons (Fsp3) is 0.250. The molecule has 0 amide bonds. The molecule has 0 fully saturated rings. The average molecular weight is 246 g/mol. The number of non-ortho nitro benzene ring substituents is 1. The predicted octanol–water partition coefficient (Wildman–Crippen LogP) is 0.880. The minimum atomic E-state index is -2.51. The number of hydrogen-bond donors (Lipinski definition) is 2. The van der Waals surface area contributed by atoms with Crippen molar-refractivity contribution in [3.8, 4) is 0 Å². The number of nitrogens with zero attached hydrogens (tertiary/aromatic N) is 1. The van der Waals surface area contributed by atoms with E-state index in [1.54, 1.807) is 0 Å². The van der Waals surface area contributed by atoms with E-state index in [9.17, 15) is 14.3 Å². The van der Waals surface area contributed by atoms with Gasteiger partial charge in [-0.25, -0.2) is 4.18 Å². The molecular formula is C8H10N2O5S. The van der Waals surface area contributed by atoms with Crippen LogP contribution in [0.5, 0.6) is 0 Å². The van der Waals surface area contributed by atoms with Gasteiger partial charge < -0.3 is 0 Å². The van der Waals surface area contributed by atoms with Crippen LogP contribution in [0.3, 0.4) is 0 Å². The van der Waals surface area contributed by atoms with Crippen LogP contribution in [0, 0.1) is 10.1 Å². The monoisotopic (exact) mass is 246 g/mol. The van der Waals surface area contributed by atoms with Crippen LogP contribution in [-0.2, 0) is 21.3 Å². The molecule has 0 saturated carbocycles. The van der Waals surface area contributed by atoms with Crippen molar-refractivity contribution in [1.82, 2.24) is 0 Å². The molecule has 0 saturated heterocycles. The molecule has 1 aromatic carbocycles. The summed E-state index contributed by atoms with van der Waals surface area (Å²) in [6.07, 6.45) is 0. The quantitative estimate of drug-likeness (QED) is 0.352. The Balaban J connectivity index is 2.96. The highest BCUT2D eigenvalue weighted by Gasteiger charge is 2.25. The van der Waals surface area contributed by atoms with Crippen molar-refractivity contribution in [1.29, 1.82) is 0 Å². The van der Waals surface area contributed by atoms with Gasteiger partial charge in [0.25, 0.3) is 5.69 Å². The Morgan fingerprint density at radius 3 is 2.38 bits per heavy atom. The Hall–Kier alpha value is -1.35. The van der Waals surface area contributed by atoms with E-state index in [2.05, 4.69) is 4.18 Å². The third-order valence-corrected chi connectivity index (χ3v) is 2.38. The van der Waals surface area contributed by atoms with Crippen LogP contribution in [0.1, 0.15) is 12.5 Å². The van der Waals surface area contributed by atoms with Gasteiger partial charge in [0.15, 0.2) is 5.72 Å². The minimum Gasteiger partial charge on any atom is -0.299 e. The first-order valence-electron chi connectivity index (χ1n) is 4.17. The molecule has 0 heterocycles. The second-order valence-corrected chi connectivity index (χ2v) is 3.81. The Morgan fingerprint density at radius 1 is 1.50 bits per heavy atom. The summed E-state index contributed by atoms with van der Waals surface area (Å²) in [5.74, 6) is 0. The lowest BCUT2D eigenvalue weighted by Crippen LogP contribution is -2.36. The lowest BCUT2D eigenvalue weighted by molar-refractivity contribution is -0.384. The molecule has 7 nitrogen and oxygen atoms in total. The highest BCUT2D eigenvalue weighted by Crippen LogP contribution is 2.22. The molecule has 0 radical (unpaired) electrons. The average Bonchev–Trinajstić information content (AvgIpc) is 2.16. The summed E-state index contributed by atoms with van der Waals surface area (Å²) >= 11 is -2.51.